The van der Waals surface area contributed by atoms with Gasteiger partial charge in [-0.2, -0.15) is 0 Å². The van der Waals surface area contributed by atoms with E-state index in [4.69, 9.17) is 9.72 Å². The van der Waals surface area contributed by atoms with Gasteiger partial charge in [-0.25, -0.2) is 9.38 Å². The Morgan fingerprint density at radius 2 is 1.97 bits per heavy atom. The van der Waals surface area contributed by atoms with Crippen LogP contribution in [-0.2, 0) is 9.53 Å². The molecule has 0 spiro atoms. The van der Waals surface area contributed by atoms with Crippen LogP contribution in [-0.4, -0.2) is 45.2 Å². The van der Waals surface area contributed by atoms with Crippen molar-refractivity contribution in [3.63, 3.8) is 0 Å². The van der Waals surface area contributed by atoms with Gasteiger partial charge in [-0.3, -0.25) is 4.79 Å². The van der Waals surface area contributed by atoms with Crippen LogP contribution in [0.4, 0.5) is 5.95 Å². The third-order valence-corrected chi connectivity index (χ3v) is 6.08. The van der Waals surface area contributed by atoms with Gasteiger partial charge in [0.15, 0.2) is 11.5 Å². The predicted molar refractivity (Wildman–Crippen MR) is 125 cm³/mol. The number of anilines is 1. The number of piperidine rings is 1. The number of aromatic nitrogens is 4. The van der Waals surface area contributed by atoms with Crippen molar-refractivity contribution in [2.45, 2.75) is 33.6 Å². The van der Waals surface area contributed by atoms with E-state index in [2.05, 4.69) is 53.2 Å². The van der Waals surface area contributed by atoms with Crippen molar-refractivity contribution in [2.75, 3.05) is 24.6 Å². The molecule has 0 bridgehead atoms. The quantitative estimate of drug-likeness (QED) is 0.449. The lowest BCUT2D eigenvalue weighted by molar-refractivity contribution is -0.148. The molecule has 7 heteroatoms. The summed E-state index contributed by atoms with van der Waals surface area (Å²) in [6, 6.07) is 14.4. The summed E-state index contributed by atoms with van der Waals surface area (Å²) in [6.45, 7) is 7.77. The van der Waals surface area contributed by atoms with Gasteiger partial charge in [0.25, 0.3) is 0 Å². The number of benzene rings is 2. The molecule has 1 aliphatic heterocycles. The smallest absolute Gasteiger partial charge is 0.310 e. The van der Waals surface area contributed by atoms with Gasteiger partial charge in [-0.1, -0.05) is 35.4 Å². The molecular weight excluding hydrogens is 402 g/mol. The molecular formula is C25H27N5O2. The van der Waals surface area contributed by atoms with Gasteiger partial charge in [0, 0.05) is 24.0 Å². The maximum atomic E-state index is 12.5. The second kappa shape index (κ2) is 8.22. The number of ether oxygens (including phenoxy) is 1. The van der Waals surface area contributed by atoms with Crippen LogP contribution in [0.3, 0.4) is 0 Å². The Kier molecular flexibility index (Phi) is 5.25. The summed E-state index contributed by atoms with van der Waals surface area (Å²) >= 11 is 0. The summed E-state index contributed by atoms with van der Waals surface area (Å²) in [7, 11) is 0. The highest BCUT2D eigenvalue weighted by Gasteiger charge is 2.30. The molecule has 2 aromatic carbocycles. The Balaban J connectivity index is 1.70. The van der Waals surface area contributed by atoms with Crippen molar-refractivity contribution >= 4 is 28.5 Å². The number of aryl methyl sites for hydroxylation is 2. The van der Waals surface area contributed by atoms with Gasteiger partial charge >= 0.3 is 5.97 Å². The number of hydrogen-bond donors (Lipinski definition) is 0. The van der Waals surface area contributed by atoms with Gasteiger partial charge in [0.05, 0.1) is 18.0 Å². The lowest BCUT2D eigenvalue weighted by Gasteiger charge is -2.32. The molecule has 7 nitrogen and oxygen atoms in total. The fourth-order valence-electron chi connectivity index (χ4n) is 4.53. The van der Waals surface area contributed by atoms with E-state index < -0.39 is 0 Å². The summed E-state index contributed by atoms with van der Waals surface area (Å²) in [5.74, 6) is 1.24. The van der Waals surface area contributed by atoms with E-state index in [9.17, 15) is 4.79 Å². The normalized spacial score (nSPS) is 16.6. The second-order valence-corrected chi connectivity index (χ2v) is 8.52. The largest absolute Gasteiger partial charge is 0.466 e. The molecule has 1 aliphatic rings. The Bertz CT molecular complexity index is 1310. The van der Waals surface area contributed by atoms with Crippen LogP contribution in [0, 0.1) is 19.8 Å². The van der Waals surface area contributed by atoms with Crippen molar-refractivity contribution in [1.29, 1.82) is 0 Å². The zero-order valence-electron chi connectivity index (χ0n) is 18.7. The molecule has 0 N–H and O–H groups in total. The van der Waals surface area contributed by atoms with Crippen LogP contribution in [0.15, 0.2) is 42.5 Å². The highest BCUT2D eigenvalue weighted by molar-refractivity contribution is 5.94. The molecule has 0 saturated carbocycles. The number of rotatable bonds is 4. The molecule has 164 valence electrons. The third kappa shape index (κ3) is 3.57. The van der Waals surface area contributed by atoms with E-state index in [0.717, 1.165) is 64.4 Å². The highest BCUT2D eigenvalue weighted by atomic mass is 16.5. The molecule has 5 rings (SSSR count). The first kappa shape index (κ1) is 20.4. The lowest BCUT2D eigenvalue weighted by atomic mass is 9.98. The summed E-state index contributed by atoms with van der Waals surface area (Å²) in [4.78, 5) is 19.7. The summed E-state index contributed by atoms with van der Waals surface area (Å²) in [6.07, 6.45) is 1.73. The van der Waals surface area contributed by atoms with E-state index in [1.54, 1.807) is 0 Å². The third-order valence-electron chi connectivity index (χ3n) is 6.08. The van der Waals surface area contributed by atoms with Crippen LogP contribution in [0.2, 0.25) is 0 Å². The van der Waals surface area contributed by atoms with Crippen LogP contribution < -0.4 is 4.90 Å². The van der Waals surface area contributed by atoms with Gasteiger partial charge in [-0.05, 0) is 51.8 Å². The predicted octanol–water partition coefficient (Wildman–Crippen LogP) is 4.34. The Morgan fingerprint density at radius 1 is 1.12 bits per heavy atom. The molecule has 3 heterocycles. The molecule has 0 aliphatic carbocycles. The van der Waals surface area contributed by atoms with E-state index >= 15 is 0 Å². The first-order valence-corrected chi connectivity index (χ1v) is 11.2. The first-order chi connectivity index (χ1) is 15.5. The van der Waals surface area contributed by atoms with Gasteiger partial charge in [-0.15, -0.1) is 10.2 Å². The molecule has 1 fully saturated rings. The average Bonchev–Trinajstić information content (AvgIpc) is 3.24. The van der Waals surface area contributed by atoms with Crippen LogP contribution in [0.25, 0.3) is 27.9 Å². The van der Waals surface area contributed by atoms with Crippen LogP contribution in [0.1, 0.15) is 30.9 Å². The summed E-state index contributed by atoms with van der Waals surface area (Å²) in [5, 5.41) is 10.1. The number of nitrogens with zero attached hydrogens (tertiary/aromatic N) is 5. The summed E-state index contributed by atoms with van der Waals surface area (Å²) in [5.41, 5.74) is 4.95. The van der Waals surface area contributed by atoms with E-state index in [-0.39, 0.29) is 11.9 Å². The van der Waals surface area contributed by atoms with Crippen LogP contribution in [0.5, 0.6) is 0 Å². The molecule has 4 aromatic rings. The first-order valence-electron chi connectivity index (χ1n) is 11.2. The second-order valence-electron chi connectivity index (χ2n) is 8.52. The van der Waals surface area contributed by atoms with E-state index in [1.807, 2.05) is 29.5 Å². The van der Waals surface area contributed by atoms with E-state index in [0.29, 0.717) is 13.2 Å². The molecule has 0 amide bonds. The fraction of sp³-hybridized carbons (Fsp3) is 0.360. The minimum absolute atomic E-state index is 0.132. The number of carbonyl (C=O) groups excluding carboxylic acids is 1. The van der Waals surface area contributed by atoms with Crippen molar-refractivity contribution < 1.29 is 9.53 Å². The number of hydrogen-bond acceptors (Lipinski definition) is 6. The number of esters is 1. The maximum absolute atomic E-state index is 12.5. The van der Waals surface area contributed by atoms with Gasteiger partial charge in [0.1, 0.15) is 0 Å². The molecule has 2 aromatic heterocycles. The minimum atomic E-state index is -0.159. The zero-order valence-corrected chi connectivity index (χ0v) is 18.7. The van der Waals surface area contributed by atoms with Crippen molar-refractivity contribution in [3.8, 4) is 11.4 Å². The van der Waals surface area contributed by atoms with E-state index in [1.165, 1.54) is 0 Å². The molecule has 32 heavy (non-hydrogen) atoms. The fourth-order valence-corrected chi connectivity index (χ4v) is 4.53. The summed E-state index contributed by atoms with van der Waals surface area (Å²) < 4.78 is 7.36. The number of carbonyl (C=O) groups is 1. The molecule has 0 unspecified atom stereocenters. The minimum Gasteiger partial charge on any atom is -0.466 e. The standard InChI is InChI=1S/C25H27N5O2/c1-4-32-24(31)19-9-6-12-29(15-19)25-26-21-11-10-17(3)14-20(21)23-28-27-22(30(23)25)18-8-5-7-16(2)13-18/h5,7-8,10-11,13-14,19H,4,6,9,12,15H2,1-3H3/t19-/m0/s1. The van der Waals surface area contributed by atoms with Crippen molar-refractivity contribution in [1.82, 2.24) is 19.6 Å². The van der Waals surface area contributed by atoms with Crippen LogP contribution >= 0.6 is 0 Å². The average molecular weight is 430 g/mol. The lowest BCUT2D eigenvalue weighted by Crippen LogP contribution is -2.40. The monoisotopic (exact) mass is 429 g/mol. The Labute approximate surface area is 187 Å². The molecule has 1 saturated heterocycles. The SMILES string of the molecule is CCOC(=O)[C@H]1CCCN(c2nc3ccc(C)cc3c3nnc(-c4cccc(C)c4)n23)C1. The zero-order chi connectivity index (χ0) is 22.2. The van der Waals surface area contributed by atoms with Crippen molar-refractivity contribution in [2.24, 2.45) is 5.92 Å². The Hall–Kier alpha value is -3.48. The highest BCUT2D eigenvalue weighted by Crippen LogP contribution is 2.31. The Morgan fingerprint density at radius 3 is 2.78 bits per heavy atom. The maximum Gasteiger partial charge on any atom is 0.310 e. The number of fused-ring (bicyclic) bond motifs is 3. The van der Waals surface area contributed by atoms with Crippen molar-refractivity contribution in [3.05, 3.63) is 53.6 Å². The molecule has 0 radical (unpaired) electrons. The van der Waals surface area contributed by atoms with Gasteiger partial charge < -0.3 is 9.64 Å². The van der Waals surface area contributed by atoms with Gasteiger partial charge in [0.2, 0.25) is 5.95 Å². The molecule has 1 atom stereocenters. The topological polar surface area (TPSA) is 72.6 Å².